The molecule has 1 heterocycles. The highest BCUT2D eigenvalue weighted by molar-refractivity contribution is 5.84. The molecular formula is C12H16N2O. The van der Waals surface area contributed by atoms with Gasteiger partial charge in [-0.3, -0.25) is 4.79 Å². The lowest BCUT2D eigenvalue weighted by Gasteiger charge is -2.23. The van der Waals surface area contributed by atoms with E-state index < -0.39 is 0 Å². The van der Waals surface area contributed by atoms with Gasteiger partial charge in [0, 0.05) is 30.9 Å². The molecule has 0 unspecified atom stereocenters. The number of carbonyl (C=O) groups is 1. The van der Waals surface area contributed by atoms with E-state index in [-0.39, 0.29) is 0 Å². The second-order valence-corrected chi connectivity index (χ2v) is 3.77. The molecule has 1 aliphatic rings. The van der Waals surface area contributed by atoms with Crippen molar-refractivity contribution in [1.82, 2.24) is 5.32 Å². The van der Waals surface area contributed by atoms with E-state index in [0.29, 0.717) is 0 Å². The van der Waals surface area contributed by atoms with E-state index in [2.05, 4.69) is 10.2 Å². The van der Waals surface area contributed by atoms with E-state index in [0.717, 1.165) is 50.1 Å². The third-order valence-electron chi connectivity index (χ3n) is 2.74. The fraction of sp³-hybridized carbons (Fsp3) is 0.417. The molecule has 0 saturated carbocycles. The maximum Gasteiger partial charge on any atom is 0.152 e. The first kappa shape index (κ1) is 10.2. The van der Waals surface area contributed by atoms with E-state index >= 15 is 0 Å². The number of nitrogens with one attached hydrogen (secondary N) is 1. The maximum atomic E-state index is 10.9. The lowest BCUT2D eigenvalue weighted by Crippen LogP contribution is -2.28. The van der Waals surface area contributed by atoms with Crippen LogP contribution >= 0.6 is 0 Å². The molecule has 3 nitrogen and oxygen atoms in total. The van der Waals surface area contributed by atoms with Gasteiger partial charge in [0.1, 0.15) is 0 Å². The monoisotopic (exact) mass is 204 g/mol. The Balaban J connectivity index is 2.22. The second kappa shape index (κ2) is 4.94. The molecular weight excluding hydrogens is 188 g/mol. The van der Waals surface area contributed by atoms with E-state index in [1.807, 2.05) is 24.3 Å². The Morgan fingerprint density at radius 3 is 2.93 bits per heavy atom. The highest BCUT2D eigenvalue weighted by Crippen LogP contribution is 2.19. The summed E-state index contributed by atoms with van der Waals surface area (Å²) in [5, 5.41) is 3.35. The average Bonchev–Trinajstić information content (AvgIpc) is 2.57. The Bertz CT molecular complexity index is 330. The molecule has 1 aliphatic heterocycles. The van der Waals surface area contributed by atoms with Crippen LogP contribution in [0.3, 0.4) is 0 Å². The molecule has 1 fully saturated rings. The molecule has 2 rings (SSSR count). The van der Waals surface area contributed by atoms with Gasteiger partial charge in [0.15, 0.2) is 6.29 Å². The van der Waals surface area contributed by atoms with Crippen LogP contribution in [0.4, 0.5) is 5.69 Å². The van der Waals surface area contributed by atoms with E-state index in [1.165, 1.54) is 0 Å². The summed E-state index contributed by atoms with van der Waals surface area (Å²) < 4.78 is 0. The van der Waals surface area contributed by atoms with Crippen molar-refractivity contribution in [3.8, 4) is 0 Å². The van der Waals surface area contributed by atoms with Crippen molar-refractivity contribution in [2.45, 2.75) is 6.42 Å². The fourth-order valence-electron chi connectivity index (χ4n) is 1.96. The summed E-state index contributed by atoms with van der Waals surface area (Å²) >= 11 is 0. The summed E-state index contributed by atoms with van der Waals surface area (Å²) in [7, 11) is 0. The number of hydrogen-bond donors (Lipinski definition) is 1. The summed E-state index contributed by atoms with van der Waals surface area (Å²) in [6.07, 6.45) is 2.07. The van der Waals surface area contributed by atoms with Crippen LogP contribution in [0.5, 0.6) is 0 Å². The minimum atomic E-state index is 0.791. The van der Waals surface area contributed by atoms with E-state index in [9.17, 15) is 4.79 Å². The molecule has 1 aromatic carbocycles. The molecule has 1 aromatic rings. The van der Waals surface area contributed by atoms with Gasteiger partial charge in [0.05, 0.1) is 0 Å². The summed E-state index contributed by atoms with van der Waals surface area (Å²) in [6.45, 7) is 4.07. The highest BCUT2D eigenvalue weighted by Gasteiger charge is 2.11. The van der Waals surface area contributed by atoms with Crippen molar-refractivity contribution >= 4 is 12.0 Å². The lowest BCUT2D eigenvalue weighted by atomic mass is 10.1. The number of para-hydroxylation sites is 1. The van der Waals surface area contributed by atoms with Gasteiger partial charge in [-0.1, -0.05) is 12.1 Å². The van der Waals surface area contributed by atoms with Gasteiger partial charge in [0.25, 0.3) is 0 Å². The molecule has 80 valence electrons. The third-order valence-corrected chi connectivity index (χ3v) is 2.74. The zero-order chi connectivity index (χ0) is 10.5. The number of aldehydes is 1. The molecule has 0 aliphatic carbocycles. The molecule has 15 heavy (non-hydrogen) atoms. The number of hydrogen-bond acceptors (Lipinski definition) is 3. The number of carbonyl (C=O) groups excluding carboxylic acids is 1. The van der Waals surface area contributed by atoms with Crippen LogP contribution in [0.2, 0.25) is 0 Å². The third kappa shape index (κ3) is 2.36. The molecule has 0 bridgehead atoms. The van der Waals surface area contributed by atoms with Crippen molar-refractivity contribution in [3.63, 3.8) is 0 Å². The van der Waals surface area contributed by atoms with Crippen LogP contribution in [0.25, 0.3) is 0 Å². The van der Waals surface area contributed by atoms with Crippen molar-refractivity contribution in [1.29, 1.82) is 0 Å². The Kier molecular flexibility index (Phi) is 3.35. The molecule has 0 aromatic heterocycles. The van der Waals surface area contributed by atoms with Crippen LogP contribution in [0, 0.1) is 0 Å². The van der Waals surface area contributed by atoms with E-state index in [1.54, 1.807) is 0 Å². The van der Waals surface area contributed by atoms with Crippen LogP contribution < -0.4 is 10.2 Å². The molecule has 3 heteroatoms. The summed E-state index contributed by atoms with van der Waals surface area (Å²) in [5.74, 6) is 0. The van der Waals surface area contributed by atoms with Gasteiger partial charge < -0.3 is 10.2 Å². The van der Waals surface area contributed by atoms with Gasteiger partial charge in [-0.15, -0.1) is 0 Å². The standard InChI is InChI=1S/C12H16N2O/c15-10-11-4-1-2-5-12(11)14-8-3-6-13-7-9-14/h1-2,4-5,10,13H,3,6-9H2. The zero-order valence-corrected chi connectivity index (χ0v) is 8.78. The van der Waals surface area contributed by atoms with Crippen LogP contribution in [0.15, 0.2) is 24.3 Å². The molecule has 0 radical (unpaired) electrons. The number of nitrogens with zero attached hydrogens (tertiary/aromatic N) is 1. The molecule has 0 atom stereocenters. The summed E-state index contributed by atoms with van der Waals surface area (Å²) in [6, 6.07) is 7.79. The quantitative estimate of drug-likeness (QED) is 0.737. The zero-order valence-electron chi connectivity index (χ0n) is 8.78. The van der Waals surface area contributed by atoms with Gasteiger partial charge in [-0.05, 0) is 25.1 Å². The first-order valence-corrected chi connectivity index (χ1v) is 5.41. The van der Waals surface area contributed by atoms with Gasteiger partial charge in [-0.25, -0.2) is 0 Å². The molecule has 0 amide bonds. The normalized spacial score (nSPS) is 17.2. The van der Waals surface area contributed by atoms with Crippen molar-refractivity contribution in [2.24, 2.45) is 0 Å². The second-order valence-electron chi connectivity index (χ2n) is 3.77. The summed E-state index contributed by atoms with van der Waals surface area (Å²) in [4.78, 5) is 13.2. The van der Waals surface area contributed by atoms with Crippen LogP contribution in [0.1, 0.15) is 16.8 Å². The molecule has 1 N–H and O–H groups in total. The van der Waals surface area contributed by atoms with Crippen LogP contribution in [-0.2, 0) is 0 Å². The summed E-state index contributed by atoms with van der Waals surface area (Å²) in [5.41, 5.74) is 1.86. The molecule has 1 saturated heterocycles. The minimum absolute atomic E-state index is 0.791. The number of anilines is 1. The fourth-order valence-corrected chi connectivity index (χ4v) is 1.96. The molecule has 0 spiro atoms. The number of benzene rings is 1. The van der Waals surface area contributed by atoms with Gasteiger partial charge >= 0.3 is 0 Å². The highest BCUT2D eigenvalue weighted by atomic mass is 16.1. The predicted octanol–water partition coefficient (Wildman–Crippen LogP) is 1.30. The largest absolute Gasteiger partial charge is 0.370 e. The predicted molar refractivity (Wildman–Crippen MR) is 61.5 cm³/mol. The topological polar surface area (TPSA) is 32.3 Å². The van der Waals surface area contributed by atoms with Crippen molar-refractivity contribution in [3.05, 3.63) is 29.8 Å². The average molecular weight is 204 g/mol. The first-order chi connectivity index (χ1) is 7.42. The van der Waals surface area contributed by atoms with Crippen molar-refractivity contribution < 1.29 is 4.79 Å². The smallest absolute Gasteiger partial charge is 0.152 e. The number of rotatable bonds is 2. The minimum Gasteiger partial charge on any atom is -0.370 e. The lowest BCUT2D eigenvalue weighted by molar-refractivity contribution is 0.112. The Morgan fingerprint density at radius 2 is 2.07 bits per heavy atom. The van der Waals surface area contributed by atoms with Crippen LogP contribution in [-0.4, -0.2) is 32.5 Å². The van der Waals surface area contributed by atoms with E-state index in [4.69, 9.17) is 0 Å². The maximum absolute atomic E-state index is 10.9. The SMILES string of the molecule is O=Cc1ccccc1N1CCCNCC1. The first-order valence-electron chi connectivity index (χ1n) is 5.41. The Hall–Kier alpha value is -1.35. The van der Waals surface area contributed by atoms with Crippen molar-refractivity contribution in [2.75, 3.05) is 31.1 Å². The Labute approximate surface area is 90.1 Å². The van der Waals surface area contributed by atoms with Gasteiger partial charge in [-0.2, -0.15) is 0 Å². The Morgan fingerprint density at radius 1 is 1.20 bits per heavy atom. The van der Waals surface area contributed by atoms with Gasteiger partial charge in [0.2, 0.25) is 0 Å².